The largest absolute Gasteiger partial charge is 0.345 e. The van der Waals surface area contributed by atoms with Gasteiger partial charge in [-0.15, -0.1) is 0 Å². The molecule has 86 valence electrons. The lowest BCUT2D eigenvalue weighted by molar-refractivity contribution is 0.125. The van der Waals surface area contributed by atoms with Crippen molar-refractivity contribution < 1.29 is 4.84 Å². The third-order valence-electron chi connectivity index (χ3n) is 2.67. The average molecular weight is 239 g/mol. The Kier molecular flexibility index (Phi) is 3.19. The monoisotopic (exact) mass is 238 g/mol. The van der Waals surface area contributed by atoms with Gasteiger partial charge in [0.2, 0.25) is 0 Å². The zero-order valence-corrected chi connectivity index (χ0v) is 10.2. The van der Waals surface area contributed by atoms with Crippen molar-refractivity contribution in [2.45, 2.75) is 26.5 Å². The van der Waals surface area contributed by atoms with Crippen molar-refractivity contribution in [3.8, 4) is 0 Å². The zero-order valence-electron chi connectivity index (χ0n) is 9.40. The lowest BCUT2D eigenvalue weighted by Gasteiger charge is -2.08. The molecule has 0 aliphatic heterocycles. The minimum absolute atomic E-state index is 0.398. The predicted molar refractivity (Wildman–Crippen MR) is 66.3 cm³/mol. The number of nitrogens with two attached hydrogens (primary N) is 1. The topological polar surface area (TPSA) is 40.2 Å². The minimum atomic E-state index is 0.398. The molecule has 16 heavy (non-hydrogen) atoms. The van der Waals surface area contributed by atoms with Gasteiger partial charge in [-0.05, 0) is 32.0 Å². The average Bonchev–Trinajstić information content (AvgIpc) is 2.58. The van der Waals surface area contributed by atoms with Crippen LogP contribution >= 0.6 is 11.6 Å². The van der Waals surface area contributed by atoms with Crippen LogP contribution in [-0.4, -0.2) is 4.57 Å². The number of aromatic nitrogens is 1. The Morgan fingerprint density at radius 1 is 1.44 bits per heavy atom. The van der Waals surface area contributed by atoms with E-state index in [0.29, 0.717) is 12.6 Å². The molecule has 0 aliphatic rings. The summed E-state index contributed by atoms with van der Waals surface area (Å²) < 4.78 is 2.19. The summed E-state index contributed by atoms with van der Waals surface area (Å²) in [6.07, 6.45) is 2.07. The summed E-state index contributed by atoms with van der Waals surface area (Å²) >= 11 is 6.00. The molecule has 0 radical (unpaired) electrons. The summed E-state index contributed by atoms with van der Waals surface area (Å²) in [6.45, 7) is 4.68. The molecule has 1 aromatic carbocycles. The van der Waals surface area contributed by atoms with Crippen molar-refractivity contribution in [2.75, 3.05) is 0 Å². The second-order valence-corrected chi connectivity index (χ2v) is 4.56. The van der Waals surface area contributed by atoms with Crippen LogP contribution in [0.15, 0.2) is 24.4 Å². The Morgan fingerprint density at radius 2 is 2.19 bits per heavy atom. The van der Waals surface area contributed by atoms with Crippen LogP contribution in [0.1, 0.15) is 25.5 Å². The van der Waals surface area contributed by atoms with Gasteiger partial charge >= 0.3 is 0 Å². The Bertz CT molecular complexity index is 505. The lowest BCUT2D eigenvalue weighted by atomic mass is 10.2. The quantitative estimate of drug-likeness (QED) is 0.834. The molecule has 1 heterocycles. The maximum Gasteiger partial charge on any atom is 0.0950 e. The van der Waals surface area contributed by atoms with Gasteiger partial charge in [0, 0.05) is 33.7 Å². The van der Waals surface area contributed by atoms with Gasteiger partial charge in [-0.1, -0.05) is 11.6 Å². The molecule has 0 amide bonds. The summed E-state index contributed by atoms with van der Waals surface area (Å²) in [5.74, 6) is 5.13. The van der Waals surface area contributed by atoms with Crippen molar-refractivity contribution in [3.05, 3.63) is 35.0 Å². The number of rotatable bonds is 3. The lowest BCUT2D eigenvalue weighted by Crippen LogP contribution is -1.99. The Balaban J connectivity index is 2.66. The molecule has 0 saturated heterocycles. The normalized spacial score (nSPS) is 11.6. The van der Waals surface area contributed by atoms with Crippen molar-refractivity contribution >= 4 is 22.5 Å². The molecule has 2 N–H and O–H groups in total. The van der Waals surface area contributed by atoms with E-state index < -0.39 is 0 Å². The van der Waals surface area contributed by atoms with Crippen LogP contribution in [0.5, 0.6) is 0 Å². The molecule has 0 aliphatic carbocycles. The molecule has 1 aromatic heterocycles. The summed E-state index contributed by atoms with van der Waals surface area (Å²) in [5, 5.41) is 1.83. The van der Waals surface area contributed by atoms with Gasteiger partial charge in [-0.2, -0.15) is 0 Å². The fourth-order valence-electron chi connectivity index (χ4n) is 1.93. The molecule has 0 spiro atoms. The highest BCUT2D eigenvalue weighted by molar-refractivity contribution is 6.31. The van der Waals surface area contributed by atoms with E-state index in [1.807, 2.05) is 18.2 Å². The first-order valence-corrected chi connectivity index (χ1v) is 5.62. The second kappa shape index (κ2) is 4.45. The third kappa shape index (κ3) is 1.94. The molecule has 2 rings (SSSR count). The summed E-state index contributed by atoms with van der Waals surface area (Å²) in [4.78, 5) is 4.71. The number of benzene rings is 1. The van der Waals surface area contributed by atoms with Gasteiger partial charge in [0.05, 0.1) is 6.61 Å². The van der Waals surface area contributed by atoms with Gasteiger partial charge in [0.1, 0.15) is 0 Å². The molecule has 2 aromatic rings. The molecular weight excluding hydrogens is 224 g/mol. The zero-order chi connectivity index (χ0) is 11.7. The van der Waals surface area contributed by atoms with E-state index in [4.69, 9.17) is 22.3 Å². The summed E-state index contributed by atoms with van der Waals surface area (Å²) in [6, 6.07) is 6.27. The summed E-state index contributed by atoms with van der Waals surface area (Å²) in [5.41, 5.74) is 2.22. The Hall–Kier alpha value is -1.03. The van der Waals surface area contributed by atoms with Crippen molar-refractivity contribution in [1.82, 2.24) is 4.57 Å². The van der Waals surface area contributed by atoms with Gasteiger partial charge in [-0.3, -0.25) is 4.84 Å². The minimum Gasteiger partial charge on any atom is -0.345 e. The number of hydrogen-bond donors (Lipinski definition) is 1. The molecule has 0 bridgehead atoms. The van der Waals surface area contributed by atoms with Crippen LogP contribution < -0.4 is 5.90 Å². The van der Waals surface area contributed by atoms with Crippen LogP contribution in [0.2, 0.25) is 5.02 Å². The molecular formula is C12H15ClN2O. The maximum atomic E-state index is 6.00. The van der Waals surface area contributed by atoms with Crippen LogP contribution in [-0.2, 0) is 11.4 Å². The number of fused-ring (bicyclic) bond motifs is 1. The van der Waals surface area contributed by atoms with Gasteiger partial charge in [-0.25, -0.2) is 5.90 Å². The van der Waals surface area contributed by atoms with E-state index in [1.165, 1.54) is 0 Å². The molecule has 3 nitrogen and oxygen atoms in total. The molecule has 0 saturated carbocycles. The first-order valence-electron chi connectivity index (χ1n) is 5.24. The van der Waals surface area contributed by atoms with E-state index in [9.17, 15) is 0 Å². The van der Waals surface area contributed by atoms with Crippen LogP contribution in [0.25, 0.3) is 10.9 Å². The second-order valence-electron chi connectivity index (χ2n) is 4.13. The number of halogens is 1. The van der Waals surface area contributed by atoms with E-state index in [-0.39, 0.29) is 0 Å². The maximum absolute atomic E-state index is 6.00. The number of hydrogen-bond acceptors (Lipinski definition) is 2. The Morgan fingerprint density at radius 3 is 2.81 bits per heavy atom. The van der Waals surface area contributed by atoms with Crippen molar-refractivity contribution in [2.24, 2.45) is 5.90 Å². The van der Waals surface area contributed by atoms with Gasteiger partial charge in [0.25, 0.3) is 0 Å². The smallest absolute Gasteiger partial charge is 0.0950 e. The van der Waals surface area contributed by atoms with Crippen LogP contribution in [0.3, 0.4) is 0 Å². The molecule has 0 unspecified atom stereocenters. The van der Waals surface area contributed by atoms with Gasteiger partial charge < -0.3 is 4.57 Å². The third-order valence-corrected chi connectivity index (χ3v) is 2.91. The highest BCUT2D eigenvalue weighted by Crippen LogP contribution is 2.27. The van der Waals surface area contributed by atoms with E-state index in [1.54, 1.807) is 0 Å². The fraction of sp³-hybridized carbons (Fsp3) is 0.333. The molecule has 0 fully saturated rings. The van der Waals surface area contributed by atoms with Gasteiger partial charge in [0.15, 0.2) is 0 Å². The standard InChI is InChI=1S/C12H15ClN2O/c1-8(2)15-6-9(7-16-14)11-5-10(13)3-4-12(11)15/h3-6,8H,7,14H2,1-2H3. The van der Waals surface area contributed by atoms with E-state index >= 15 is 0 Å². The Labute approximate surface area is 99.7 Å². The number of nitrogens with zero attached hydrogens (tertiary/aromatic N) is 1. The fourth-order valence-corrected chi connectivity index (χ4v) is 2.10. The first kappa shape index (κ1) is 11.5. The van der Waals surface area contributed by atoms with E-state index in [0.717, 1.165) is 21.5 Å². The highest BCUT2D eigenvalue weighted by Gasteiger charge is 2.10. The van der Waals surface area contributed by atoms with Crippen LogP contribution in [0, 0.1) is 0 Å². The molecule has 0 atom stereocenters. The first-order chi connectivity index (χ1) is 7.63. The van der Waals surface area contributed by atoms with Crippen molar-refractivity contribution in [3.63, 3.8) is 0 Å². The summed E-state index contributed by atoms with van der Waals surface area (Å²) in [7, 11) is 0. The molecule has 4 heteroatoms. The predicted octanol–water partition coefficient (Wildman–Crippen LogP) is 3.27. The highest BCUT2D eigenvalue weighted by atomic mass is 35.5. The van der Waals surface area contributed by atoms with Crippen LogP contribution in [0.4, 0.5) is 0 Å². The van der Waals surface area contributed by atoms with Crippen molar-refractivity contribution in [1.29, 1.82) is 0 Å². The van der Waals surface area contributed by atoms with E-state index in [2.05, 4.69) is 24.6 Å². The SMILES string of the molecule is CC(C)n1cc(CON)c2cc(Cl)ccc21.